The smallest absolute Gasteiger partial charge is 0.407 e. The number of carbonyl (C=O) groups excluding carboxylic acids is 1. The molecule has 0 aromatic carbocycles. The van der Waals surface area contributed by atoms with Gasteiger partial charge in [0, 0.05) is 29.6 Å². The van der Waals surface area contributed by atoms with Crippen LogP contribution in [0.3, 0.4) is 0 Å². The van der Waals surface area contributed by atoms with E-state index in [0.717, 1.165) is 30.8 Å². The summed E-state index contributed by atoms with van der Waals surface area (Å²) in [4.78, 5) is 28.4. The second-order valence-corrected chi connectivity index (χ2v) is 11.7. The molecule has 4 rings (SSSR count). The summed E-state index contributed by atoms with van der Waals surface area (Å²) in [7, 11) is 0. The van der Waals surface area contributed by atoms with Crippen LogP contribution in [0.4, 0.5) is 16.4 Å². The van der Waals surface area contributed by atoms with Crippen LogP contribution in [0.25, 0.3) is 0 Å². The number of hydrogen-bond acceptors (Lipinski definition) is 9. The van der Waals surface area contributed by atoms with Crippen LogP contribution in [0, 0.1) is 5.41 Å². The van der Waals surface area contributed by atoms with Gasteiger partial charge >= 0.3 is 6.09 Å². The van der Waals surface area contributed by atoms with Crippen LogP contribution < -0.4 is 16.0 Å². The summed E-state index contributed by atoms with van der Waals surface area (Å²) in [6, 6.07) is 1.64. The lowest BCUT2D eigenvalue weighted by Crippen LogP contribution is -2.55. The Kier molecular flexibility index (Phi) is 7.57. The normalized spacial score (nSPS) is 21.8. The highest BCUT2D eigenvalue weighted by atomic mass is 35.5. The average Bonchev–Trinajstić information content (AvgIpc) is 3.06. The number of nitrogen functional groups attached to an aromatic ring is 1. The van der Waals surface area contributed by atoms with Crippen molar-refractivity contribution in [3.8, 4) is 0 Å². The molecule has 190 valence electrons. The van der Waals surface area contributed by atoms with Crippen LogP contribution in [0.1, 0.15) is 40.5 Å². The summed E-state index contributed by atoms with van der Waals surface area (Å²) in [6.45, 7) is 9.57. The van der Waals surface area contributed by atoms with E-state index in [9.17, 15) is 4.79 Å². The van der Waals surface area contributed by atoms with Gasteiger partial charge in [0.25, 0.3) is 0 Å². The fraction of sp³-hybridized carbons (Fsp3) is 0.565. The lowest BCUT2D eigenvalue weighted by atomic mass is 9.73. The Labute approximate surface area is 219 Å². The first kappa shape index (κ1) is 26.1. The van der Waals surface area contributed by atoms with Crippen molar-refractivity contribution < 1.29 is 14.3 Å². The predicted octanol–water partition coefficient (Wildman–Crippen LogP) is 4.81. The third-order valence-corrected chi connectivity index (χ3v) is 8.01. The molecule has 3 N–H and O–H groups in total. The van der Waals surface area contributed by atoms with E-state index in [4.69, 9.17) is 38.4 Å². The van der Waals surface area contributed by atoms with Gasteiger partial charge in [0.15, 0.2) is 11.0 Å². The van der Waals surface area contributed by atoms with Crippen molar-refractivity contribution in [3.05, 3.63) is 28.6 Å². The van der Waals surface area contributed by atoms with Gasteiger partial charge in [0.05, 0.1) is 30.0 Å². The Morgan fingerprint density at radius 3 is 2.69 bits per heavy atom. The van der Waals surface area contributed by atoms with Crippen molar-refractivity contribution >= 4 is 52.7 Å². The molecule has 2 fully saturated rings. The SMILES string of the molecule is C[C@@H]1OCC2(CCN(c3ncc(Sc4ccnc(N)c4Cl)nc3Cl)CC2)[C@@H]1NC(=O)OC(C)(C)C. The summed E-state index contributed by atoms with van der Waals surface area (Å²) >= 11 is 14.1. The summed E-state index contributed by atoms with van der Waals surface area (Å²) in [5.41, 5.74) is 5.06. The van der Waals surface area contributed by atoms with E-state index in [2.05, 4.69) is 25.2 Å². The molecule has 12 heteroatoms. The van der Waals surface area contributed by atoms with Gasteiger partial charge < -0.3 is 25.4 Å². The van der Waals surface area contributed by atoms with E-state index >= 15 is 0 Å². The van der Waals surface area contributed by atoms with Crippen LogP contribution in [-0.4, -0.2) is 58.5 Å². The number of hydrogen-bond donors (Lipinski definition) is 2. The molecular formula is C23H30Cl2N6O3S. The third-order valence-electron chi connectivity index (χ3n) is 6.28. The number of nitrogens with one attached hydrogen (secondary N) is 1. The van der Waals surface area contributed by atoms with Crippen molar-refractivity contribution in [2.75, 3.05) is 30.3 Å². The van der Waals surface area contributed by atoms with Gasteiger partial charge in [0.1, 0.15) is 16.4 Å². The number of halogens is 2. The monoisotopic (exact) mass is 540 g/mol. The molecule has 0 aliphatic carbocycles. The highest BCUT2D eigenvalue weighted by molar-refractivity contribution is 7.99. The summed E-state index contributed by atoms with van der Waals surface area (Å²) in [5.74, 6) is 0.897. The molecule has 35 heavy (non-hydrogen) atoms. The molecule has 9 nitrogen and oxygen atoms in total. The summed E-state index contributed by atoms with van der Waals surface area (Å²) in [6.07, 6.45) is 4.39. The fourth-order valence-corrected chi connectivity index (χ4v) is 5.87. The van der Waals surface area contributed by atoms with Gasteiger partial charge in [-0.05, 0) is 46.6 Å². The Morgan fingerprint density at radius 1 is 1.31 bits per heavy atom. The van der Waals surface area contributed by atoms with E-state index in [-0.39, 0.29) is 23.4 Å². The topological polar surface area (TPSA) is 115 Å². The van der Waals surface area contributed by atoms with Gasteiger partial charge in [-0.25, -0.2) is 19.7 Å². The molecule has 0 saturated carbocycles. The number of aromatic nitrogens is 3. The second kappa shape index (κ2) is 10.2. The van der Waals surface area contributed by atoms with Crippen molar-refractivity contribution in [1.82, 2.24) is 20.3 Å². The number of nitrogens with zero attached hydrogens (tertiary/aromatic N) is 4. The Bertz CT molecular complexity index is 1090. The highest BCUT2D eigenvalue weighted by Crippen LogP contribution is 2.44. The van der Waals surface area contributed by atoms with E-state index in [1.165, 1.54) is 11.8 Å². The van der Waals surface area contributed by atoms with Crippen molar-refractivity contribution in [3.63, 3.8) is 0 Å². The standard InChI is InChI=1S/C23H30Cl2N6O3S/c1-13-17(30-21(32)34-22(2,3)4)23(12-33-13)6-9-31(10-7-23)20-18(25)29-15(11-28-20)35-14-5-8-27-19(26)16(14)24/h5,8,11,13,17H,6-7,9-10,12H2,1-4H3,(H2,26,27)(H,30,32)/t13-,17+/m0/s1. The Morgan fingerprint density at radius 2 is 2.03 bits per heavy atom. The molecule has 4 heterocycles. The molecule has 0 bridgehead atoms. The molecule has 2 saturated heterocycles. The van der Waals surface area contributed by atoms with Crippen LogP contribution >= 0.6 is 35.0 Å². The molecule has 2 aliphatic heterocycles. The van der Waals surface area contributed by atoms with Crippen molar-refractivity contribution in [2.24, 2.45) is 5.41 Å². The van der Waals surface area contributed by atoms with Crippen molar-refractivity contribution in [2.45, 2.75) is 68.2 Å². The molecule has 2 aromatic rings. The predicted molar refractivity (Wildman–Crippen MR) is 137 cm³/mol. The number of carbonyl (C=O) groups is 1. The number of amides is 1. The minimum absolute atomic E-state index is 0.0946. The molecule has 0 radical (unpaired) electrons. The first-order valence-corrected chi connectivity index (χ1v) is 13.0. The maximum absolute atomic E-state index is 12.5. The highest BCUT2D eigenvalue weighted by Gasteiger charge is 2.50. The molecule has 2 aromatic heterocycles. The van der Waals surface area contributed by atoms with Gasteiger partial charge in [-0.3, -0.25) is 0 Å². The van der Waals surface area contributed by atoms with Gasteiger partial charge in [-0.15, -0.1) is 0 Å². The zero-order valence-corrected chi connectivity index (χ0v) is 22.5. The number of pyridine rings is 1. The van der Waals surface area contributed by atoms with Gasteiger partial charge in [-0.1, -0.05) is 35.0 Å². The van der Waals surface area contributed by atoms with E-state index in [1.54, 1.807) is 18.5 Å². The molecule has 2 aliphatic rings. The zero-order valence-electron chi connectivity index (χ0n) is 20.2. The number of alkyl carbamates (subject to hydrolysis) is 1. The molecular weight excluding hydrogens is 511 g/mol. The largest absolute Gasteiger partial charge is 0.444 e. The maximum Gasteiger partial charge on any atom is 0.407 e. The summed E-state index contributed by atoms with van der Waals surface area (Å²) < 4.78 is 11.5. The average molecular weight is 542 g/mol. The molecule has 1 spiro atoms. The molecule has 2 atom stereocenters. The number of rotatable bonds is 4. The maximum atomic E-state index is 12.5. The first-order chi connectivity index (χ1) is 16.5. The molecule has 0 unspecified atom stereocenters. The first-order valence-electron chi connectivity index (χ1n) is 11.4. The minimum atomic E-state index is -0.557. The minimum Gasteiger partial charge on any atom is -0.444 e. The second-order valence-electron chi connectivity index (χ2n) is 9.92. The van der Waals surface area contributed by atoms with E-state index in [0.29, 0.717) is 27.6 Å². The van der Waals surface area contributed by atoms with Crippen molar-refractivity contribution in [1.29, 1.82) is 0 Å². The summed E-state index contributed by atoms with van der Waals surface area (Å²) in [5, 5.41) is 4.38. The number of ether oxygens (including phenoxy) is 2. The lowest BCUT2D eigenvalue weighted by Gasteiger charge is -2.43. The van der Waals surface area contributed by atoms with Crippen LogP contribution in [0.15, 0.2) is 28.4 Å². The Balaban J connectivity index is 1.42. The fourth-order valence-electron chi connectivity index (χ4n) is 4.54. The van der Waals surface area contributed by atoms with Gasteiger partial charge in [0.2, 0.25) is 0 Å². The third kappa shape index (κ3) is 5.87. The Hall–Kier alpha value is -2.01. The van der Waals surface area contributed by atoms with Gasteiger partial charge in [-0.2, -0.15) is 0 Å². The number of anilines is 2. The van der Waals surface area contributed by atoms with Crippen LogP contribution in [0.2, 0.25) is 10.2 Å². The number of nitrogens with two attached hydrogens (primary N) is 1. The van der Waals surface area contributed by atoms with E-state index in [1.807, 2.05) is 27.7 Å². The quantitative estimate of drug-likeness (QED) is 0.563. The van der Waals surface area contributed by atoms with E-state index < -0.39 is 11.7 Å². The molecule has 1 amide bonds. The lowest BCUT2D eigenvalue weighted by molar-refractivity contribution is 0.0434. The van der Waals surface area contributed by atoms with Crippen LogP contribution in [0.5, 0.6) is 0 Å². The number of piperidine rings is 1. The zero-order chi connectivity index (χ0) is 25.4. The van der Waals surface area contributed by atoms with Crippen LogP contribution in [-0.2, 0) is 9.47 Å².